The van der Waals surface area contributed by atoms with Crippen molar-refractivity contribution in [1.29, 1.82) is 0 Å². The Morgan fingerprint density at radius 2 is 1.75 bits per heavy atom. The number of nitrogens with zero attached hydrogens (tertiary/aromatic N) is 2. The van der Waals surface area contributed by atoms with E-state index < -0.39 is 0 Å². The predicted molar refractivity (Wildman–Crippen MR) is 109 cm³/mol. The molecular weight excluding hydrogens is 376 g/mol. The highest BCUT2D eigenvalue weighted by Gasteiger charge is 2.18. The number of carbonyl (C=O) groups excluding carboxylic acids is 2. The van der Waals surface area contributed by atoms with Crippen molar-refractivity contribution in [1.82, 2.24) is 20.4 Å². The molecule has 1 heterocycles. The van der Waals surface area contributed by atoms with Crippen LogP contribution in [0.2, 0.25) is 0 Å². The Bertz CT molecular complexity index is 1070. The highest BCUT2D eigenvalue weighted by atomic mass is 32.2. The van der Waals surface area contributed by atoms with Crippen LogP contribution in [0.25, 0.3) is 10.9 Å². The summed E-state index contributed by atoms with van der Waals surface area (Å²) in [6, 6.07) is 16.5. The van der Waals surface area contributed by atoms with Gasteiger partial charge >= 0.3 is 0 Å². The first-order valence-corrected chi connectivity index (χ1v) is 9.70. The third kappa shape index (κ3) is 4.40. The maximum absolute atomic E-state index is 13.2. The first kappa shape index (κ1) is 19.6. The van der Waals surface area contributed by atoms with Crippen molar-refractivity contribution in [3.8, 4) is 0 Å². The second kappa shape index (κ2) is 8.71. The van der Waals surface area contributed by atoms with Crippen LogP contribution in [-0.2, 0) is 9.59 Å². The van der Waals surface area contributed by atoms with Crippen molar-refractivity contribution < 1.29 is 9.59 Å². The predicted octanol–water partition coefficient (Wildman–Crippen LogP) is 2.27. The molecule has 0 aliphatic rings. The lowest BCUT2D eigenvalue weighted by Crippen LogP contribution is -2.41. The summed E-state index contributed by atoms with van der Waals surface area (Å²) in [6.45, 7) is 3.23. The number of hydrazine groups is 1. The minimum Gasteiger partial charge on any atom is -0.280 e. The lowest BCUT2D eigenvalue weighted by molar-refractivity contribution is -0.126. The average Bonchev–Trinajstić information content (AvgIpc) is 2.71. The van der Waals surface area contributed by atoms with E-state index in [0.717, 1.165) is 17.3 Å². The molecule has 144 valence electrons. The third-order valence-corrected chi connectivity index (χ3v) is 5.11. The van der Waals surface area contributed by atoms with E-state index >= 15 is 0 Å². The van der Waals surface area contributed by atoms with Crippen LogP contribution in [0.3, 0.4) is 0 Å². The molecule has 1 atom stereocenters. The molecule has 2 N–H and O–H groups in total. The van der Waals surface area contributed by atoms with E-state index in [2.05, 4.69) is 15.8 Å². The monoisotopic (exact) mass is 396 g/mol. The zero-order valence-electron chi connectivity index (χ0n) is 15.5. The van der Waals surface area contributed by atoms with Crippen LogP contribution in [0.15, 0.2) is 64.5 Å². The molecule has 0 aliphatic heterocycles. The van der Waals surface area contributed by atoms with E-state index in [-0.39, 0.29) is 29.2 Å². The van der Waals surface area contributed by atoms with Gasteiger partial charge in [-0.1, -0.05) is 54.2 Å². The molecule has 2 aromatic carbocycles. The number of aromatic nitrogens is 2. The number of amides is 2. The maximum Gasteiger partial charge on any atom is 0.262 e. The maximum atomic E-state index is 13.2. The number of hydrogen-bond acceptors (Lipinski definition) is 5. The van der Waals surface area contributed by atoms with E-state index in [9.17, 15) is 14.4 Å². The number of para-hydroxylation sites is 1. The molecule has 1 aromatic heterocycles. The first-order chi connectivity index (χ1) is 13.5. The van der Waals surface area contributed by atoms with E-state index in [1.54, 1.807) is 22.8 Å². The van der Waals surface area contributed by atoms with Gasteiger partial charge in [-0.15, -0.1) is 0 Å². The van der Waals surface area contributed by atoms with Gasteiger partial charge in [-0.05, 0) is 24.6 Å². The summed E-state index contributed by atoms with van der Waals surface area (Å²) < 4.78 is 1.61. The van der Waals surface area contributed by atoms with E-state index in [1.807, 2.05) is 43.3 Å². The van der Waals surface area contributed by atoms with Crippen molar-refractivity contribution >= 4 is 34.5 Å². The van der Waals surface area contributed by atoms with E-state index in [1.165, 1.54) is 6.92 Å². The summed E-state index contributed by atoms with van der Waals surface area (Å²) in [5, 5.41) is 0.968. The number of thioether (sulfide) groups is 1. The fourth-order valence-electron chi connectivity index (χ4n) is 2.77. The van der Waals surface area contributed by atoms with Crippen LogP contribution in [-0.4, -0.2) is 27.1 Å². The summed E-state index contributed by atoms with van der Waals surface area (Å²) >= 11 is 1.15. The van der Waals surface area contributed by atoms with Gasteiger partial charge in [0.25, 0.3) is 5.56 Å². The Balaban J connectivity index is 1.99. The molecule has 0 radical (unpaired) electrons. The lowest BCUT2D eigenvalue weighted by atomic mass is 10.1. The largest absolute Gasteiger partial charge is 0.280 e. The van der Waals surface area contributed by atoms with Gasteiger partial charge in [-0.3, -0.25) is 29.8 Å². The second-order valence-electron chi connectivity index (χ2n) is 6.19. The molecular formula is C20H20N4O3S. The van der Waals surface area contributed by atoms with Crippen LogP contribution >= 0.6 is 11.8 Å². The van der Waals surface area contributed by atoms with Gasteiger partial charge in [0.05, 0.1) is 22.7 Å². The average molecular weight is 396 g/mol. The zero-order valence-corrected chi connectivity index (χ0v) is 16.3. The van der Waals surface area contributed by atoms with Crippen molar-refractivity contribution in [2.24, 2.45) is 0 Å². The Hall–Kier alpha value is -3.13. The topological polar surface area (TPSA) is 93.1 Å². The molecule has 3 rings (SSSR count). The van der Waals surface area contributed by atoms with Gasteiger partial charge in [-0.2, -0.15) is 0 Å². The molecule has 0 unspecified atom stereocenters. The van der Waals surface area contributed by atoms with Crippen LogP contribution in [0, 0.1) is 0 Å². The summed E-state index contributed by atoms with van der Waals surface area (Å²) in [4.78, 5) is 40.7. The number of hydrogen-bond donors (Lipinski definition) is 2. The van der Waals surface area contributed by atoms with E-state index in [4.69, 9.17) is 0 Å². The molecule has 0 fully saturated rings. The first-order valence-electron chi connectivity index (χ1n) is 8.72. The Kier molecular flexibility index (Phi) is 6.10. The minimum absolute atomic E-state index is 0.00652. The number of fused-ring (bicyclic) bond motifs is 1. The van der Waals surface area contributed by atoms with Crippen molar-refractivity contribution in [2.45, 2.75) is 25.0 Å². The smallest absolute Gasteiger partial charge is 0.262 e. The fraction of sp³-hybridized carbons (Fsp3) is 0.200. The van der Waals surface area contributed by atoms with Gasteiger partial charge in [0.15, 0.2) is 5.16 Å². The zero-order chi connectivity index (χ0) is 20.1. The van der Waals surface area contributed by atoms with Crippen molar-refractivity contribution in [3.63, 3.8) is 0 Å². The molecule has 0 saturated heterocycles. The minimum atomic E-state index is -0.387. The van der Waals surface area contributed by atoms with E-state index in [0.29, 0.717) is 16.1 Å². The van der Waals surface area contributed by atoms with Crippen LogP contribution < -0.4 is 16.4 Å². The SMILES string of the molecule is CC(=O)NNC(=O)CSc1nc2ccccc2c(=O)n1[C@@H](C)c1ccccc1. The number of rotatable bonds is 5. The van der Waals surface area contributed by atoms with Gasteiger partial charge in [0.1, 0.15) is 0 Å². The molecule has 0 bridgehead atoms. The van der Waals surface area contributed by atoms with Crippen LogP contribution in [0.4, 0.5) is 0 Å². The van der Waals surface area contributed by atoms with Gasteiger partial charge in [0.2, 0.25) is 11.8 Å². The molecule has 7 nitrogen and oxygen atoms in total. The van der Waals surface area contributed by atoms with Crippen molar-refractivity contribution in [3.05, 3.63) is 70.5 Å². The highest BCUT2D eigenvalue weighted by Crippen LogP contribution is 2.24. The normalized spacial score (nSPS) is 11.8. The number of benzene rings is 2. The molecule has 2 amide bonds. The molecule has 3 aromatic rings. The number of nitrogens with one attached hydrogen (secondary N) is 2. The van der Waals surface area contributed by atoms with Crippen LogP contribution in [0.5, 0.6) is 0 Å². The Labute approximate surface area is 166 Å². The summed E-state index contributed by atoms with van der Waals surface area (Å²) in [5.41, 5.74) is 5.94. The molecule has 8 heteroatoms. The Morgan fingerprint density at radius 1 is 1.07 bits per heavy atom. The standard InChI is InChI=1S/C20H20N4O3S/c1-13(15-8-4-3-5-9-15)24-19(27)16-10-6-7-11-17(16)21-20(24)28-12-18(26)23-22-14(2)25/h3-11,13H,12H2,1-2H3,(H,22,25)(H,23,26)/t13-/m0/s1. The summed E-state index contributed by atoms with van der Waals surface area (Å²) in [5.74, 6) is -0.745. The van der Waals surface area contributed by atoms with Crippen molar-refractivity contribution in [2.75, 3.05) is 5.75 Å². The second-order valence-corrected chi connectivity index (χ2v) is 7.13. The highest BCUT2D eigenvalue weighted by molar-refractivity contribution is 7.99. The quantitative estimate of drug-likeness (QED) is 0.392. The lowest BCUT2D eigenvalue weighted by Gasteiger charge is -2.20. The van der Waals surface area contributed by atoms with Gasteiger partial charge in [-0.25, -0.2) is 4.98 Å². The fourth-order valence-corrected chi connectivity index (χ4v) is 3.65. The molecule has 0 saturated carbocycles. The molecule has 28 heavy (non-hydrogen) atoms. The van der Waals surface area contributed by atoms with Gasteiger partial charge < -0.3 is 0 Å². The molecule has 0 spiro atoms. The summed E-state index contributed by atoms with van der Waals surface area (Å²) in [7, 11) is 0. The Morgan fingerprint density at radius 3 is 2.46 bits per heavy atom. The number of carbonyl (C=O) groups is 2. The third-order valence-electron chi connectivity index (χ3n) is 4.16. The summed E-state index contributed by atoms with van der Waals surface area (Å²) in [6.07, 6.45) is 0. The van der Waals surface area contributed by atoms with Crippen LogP contribution in [0.1, 0.15) is 25.5 Å². The molecule has 0 aliphatic carbocycles. The van der Waals surface area contributed by atoms with Gasteiger partial charge in [0, 0.05) is 6.92 Å².